The van der Waals surface area contributed by atoms with Crippen LogP contribution in [0.25, 0.3) is 0 Å². The first-order valence-corrected chi connectivity index (χ1v) is 26.5. The molecule has 0 aromatic heterocycles. The van der Waals surface area contributed by atoms with Crippen molar-refractivity contribution in [1.82, 2.24) is 0 Å². The molecule has 0 saturated heterocycles. The van der Waals surface area contributed by atoms with E-state index in [-0.39, 0.29) is 37.5 Å². The van der Waals surface area contributed by atoms with Crippen molar-refractivity contribution in [3.8, 4) is 0 Å². The molecule has 1 atom stereocenters. The maximum Gasteiger partial charge on any atom is 0.306 e. The lowest BCUT2D eigenvalue weighted by atomic mass is 10.1. The highest BCUT2D eigenvalue weighted by atomic mass is 16.6. The van der Waals surface area contributed by atoms with Crippen molar-refractivity contribution in [2.45, 2.75) is 207 Å². The molecule has 6 nitrogen and oxygen atoms in total. The number of carbonyl (C=O) groups excluding carboxylic acids is 3. The first kappa shape index (κ1) is 62.3. The smallest absolute Gasteiger partial charge is 0.306 e. The lowest BCUT2D eigenvalue weighted by Gasteiger charge is -2.18. The summed E-state index contributed by atoms with van der Waals surface area (Å²) in [6.45, 7) is 6.32. The Morgan fingerprint density at radius 2 is 0.582 bits per heavy atom. The van der Waals surface area contributed by atoms with E-state index < -0.39 is 6.10 Å². The average molecular weight is 923 g/mol. The van der Waals surface area contributed by atoms with E-state index in [9.17, 15) is 14.4 Å². The van der Waals surface area contributed by atoms with Crippen LogP contribution in [0.3, 0.4) is 0 Å². The van der Waals surface area contributed by atoms with Gasteiger partial charge in [-0.3, -0.25) is 14.4 Å². The van der Waals surface area contributed by atoms with E-state index in [1.807, 2.05) is 36.5 Å². The number of unbranched alkanes of at least 4 members (excludes halogenated alkanes) is 19. The minimum absolute atomic E-state index is 0.120. The Labute approximate surface area is 410 Å². The normalized spacial score (nSPS) is 13.3. The second kappa shape index (κ2) is 53.9. The molecule has 0 rings (SSSR count). The molecule has 0 amide bonds. The van der Waals surface area contributed by atoms with E-state index in [0.717, 1.165) is 122 Å². The van der Waals surface area contributed by atoms with Crippen molar-refractivity contribution in [1.29, 1.82) is 0 Å². The van der Waals surface area contributed by atoms with Gasteiger partial charge in [0.25, 0.3) is 0 Å². The van der Waals surface area contributed by atoms with Gasteiger partial charge in [-0.1, -0.05) is 237 Å². The Hall–Kier alpha value is -4.71. The minimum Gasteiger partial charge on any atom is -0.462 e. The molecule has 67 heavy (non-hydrogen) atoms. The van der Waals surface area contributed by atoms with E-state index in [2.05, 4.69) is 130 Å². The monoisotopic (exact) mass is 923 g/mol. The second-order valence-electron chi connectivity index (χ2n) is 17.0. The summed E-state index contributed by atoms with van der Waals surface area (Å²) in [5.74, 6) is -1.01. The van der Waals surface area contributed by atoms with Gasteiger partial charge in [-0.2, -0.15) is 0 Å². The van der Waals surface area contributed by atoms with Gasteiger partial charge in [-0.15, -0.1) is 0 Å². The number of hydrogen-bond donors (Lipinski definition) is 0. The van der Waals surface area contributed by atoms with Crippen molar-refractivity contribution in [2.24, 2.45) is 0 Å². The Kier molecular flexibility index (Phi) is 50.1. The highest BCUT2D eigenvalue weighted by Crippen LogP contribution is 2.12. The number of esters is 3. The van der Waals surface area contributed by atoms with Gasteiger partial charge in [0, 0.05) is 19.3 Å². The number of ether oxygens (including phenoxy) is 3. The molecule has 6 heteroatoms. The van der Waals surface area contributed by atoms with E-state index in [1.165, 1.54) is 38.5 Å². The molecule has 0 aromatic rings. The molecule has 0 aliphatic rings. The Morgan fingerprint density at radius 3 is 0.925 bits per heavy atom. The molecule has 0 N–H and O–H groups in total. The van der Waals surface area contributed by atoms with Gasteiger partial charge in [0.15, 0.2) is 6.10 Å². The van der Waals surface area contributed by atoms with Crippen LogP contribution < -0.4 is 0 Å². The topological polar surface area (TPSA) is 78.9 Å². The molecular weight excluding hydrogens is 829 g/mol. The molecule has 1 unspecified atom stereocenters. The van der Waals surface area contributed by atoms with Crippen molar-refractivity contribution in [2.75, 3.05) is 13.2 Å². The molecular formula is C61H94O6. The maximum absolute atomic E-state index is 12.8. The maximum atomic E-state index is 12.8. The molecule has 0 aliphatic heterocycles. The number of carbonyl (C=O) groups is 3. The van der Waals surface area contributed by atoms with Crippen LogP contribution in [0.1, 0.15) is 201 Å². The average Bonchev–Trinajstić information content (AvgIpc) is 3.33. The van der Waals surface area contributed by atoms with Crippen LogP contribution in [0.5, 0.6) is 0 Å². The van der Waals surface area contributed by atoms with Gasteiger partial charge < -0.3 is 14.2 Å². The van der Waals surface area contributed by atoms with Crippen molar-refractivity contribution in [3.63, 3.8) is 0 Å². The van der Waals surface area contributed by atoms with Gasteiger partial charge >= 0.3 is 17.9 Å². The Morgan fingerprint density at radius 1 is 0.313 bits per heavy atom. The fourth-order valence-corrected chi connectivity index (χ4v) is 6.59. The van der Waals surface area contributed by atoms with Gasteiger partial charge in [0.2, 0.25) is 0 Å². The van der Waals surface area contributed by atoms with Gasteiger partial charge in [0.05, 0.1) is 0 Å². The summed E-state index contributed by atoms with van der Waals surface area (Å²) in [6.07, 6.45) is 76.8. The SMILES string of the molecule is CC\C=C/C=C\C=C/C=C\CCCCCC(=O)OCC(COC(=O)CCCCCCC\C=C/C=C\C=C/C=C\CCCCC)OC(=O)CCCCCCC\C=C/C=C\C=C/C=C\CCCCC. The van der Waals surface area contributed by atoms with Gasteiger partial charge in [-0.05, 0) is 89.9 Å². The van der Waals surface area contributed by atoms with E-state index >= 15 is 0 Å². The third-order valence-electron chi connectivity index (χ3n) is 10.6. The zero-order chi connectivity index (χ0) is 48.6. The van der Waals surface area contributed by atoms with Crippen LogP contribution in [0, 0.1) is 0 Å². The fraction of sp³-hybridized carbons (Fsp3) is 0.557. The summed E-state index contributed by atoms with van der Waals surface area (Å²) in [4.78, 5) is 38.0. The predicted molar refractivity (Wildman–Crippen MR) is 288 cm³/mol. The summed E-state index contributed by atoms with van der Waals surface area (Å²) in [6, 6.07) is 0. The zero-order valence-corrected chi connectivity index (χ0v) is 42.6. The Balaban J connectivity index is 4.58. The van der Waals surface area contributed by atoms with Crippen molar-refractivity contribution < 1.29 is 28.6 Å². The lowest BCUT2D eigenvalue weighted by Crippen LogP contribution is -2.30. The third kappa shape index (κ3) is 52.1. The standard InChI is InChI=1S/C61H94O6/c1-4-7-10-13-16-19-22-25-27-29-31-33-36-39-42-45-48-51-54-60(63)66-57-58(56-65-59(62)53-50-47-44-41-38-35-24-21-18-15-12-9-6-3)67-61(64)55-52-49-46-43-40-37-34-32-30-28-26-23-20-17-14-11-8-5-2/h9,12,15-35,38,58H,4-8,10-11,13-14,36-37,39-57H2,1-3H3/b12-9-,18-15-,19-16-,20-17-,24-21-,25-22-,26-23-,29-27-,30-28-,33-31-,34-32-,38-35-. The van der Waals surface area contributed by atoms with Crippen LogP contribution in [0.15, 0.2) is 146 Å². The molecule has 374 valence electrons. The van der Waals surface area contributed by atoms with E-state index in [0.29, 0.717) is 12.8 Å². The molecule has 0 saturated carbocycles. The van der Waals surface area contributed by atoms with Crippen LogP contribution >= 0.6 is 0 Å². The summed E-state index contributed by atoms with van der Waals surface area (Å²) in [5.41, 5.74) is 0. The van der Waals surface area contributed by atoms with Gasteiger partial charge in [0.1, 0.15) is 13.2 Å². The molecule has 0 heterocycles. The molecule has 0 aliphatic carbocycles. The quantitative estimate of drug-likeness (QED) is 0.0262. The van der Waals surface area contributed by atoms with Crippen LogP contribution in [-0.4, -0.2) is 37.2 Å². The van der Waals surface area contributed by atoms with Gasteiger partial charge in [-0.25, -0.2) is 0 Å². The number of rotatable bonds is 45. The van der Waals surface area contributed by atoms with Crippen molar-refractivity contribution >= 4 is 17.9 Å². The minimum atomic E-state index is -0.824. The molecule has 0 radical (unpaired) electrons. The Bertz CT molecular complexity index is 1530. The first-order chi connectivity index (χ1) is 33.0. The molecule has 0 spiro atoms. The molecule has 0 bridgehead atoms. The lowest BCUT2D eigenvalue weighted by molar-refractivity contribution is -0.167. The van der Waals surface area contributed by atoms with Crippen LogP contribution in [0.4, 0.5) is 0 Å². The summed E-state index contributed by atoms with van der Waals surface area (Å²) in [5, 5.41) is 0. The molecule has 0 fully saturated rings. The highest BCUT2D eigenvalue weighted by molar-refractivity contribution is 5.71. The predicted octanol–water partition coefficient (Wildman–Crippen LogP) is 17.6. The van der Waals surface area contributed by atoms with Crippen molar-refractivity contribution in [3.05, 3.63) is 146 Å². The summed E-state index contributed by atoms with van der Waals surface area (Å²) >= 11 is 0. The fourth-order valence-electron chi connectivity index (χ4n) is 6.59. The number of allylic oxidation sites excluding steroid dienone is 24. The first-order valence-electron chi connectivity index (χ1n) is 26.5. The highest BCUT2D eigenvalue weighted by Gasteiger charge is 2.19. The van der Waals surface area contributed by atoms with E-state index in [1.54, 1.807) is 0 Å². The number of hydrogen-bond acceptors (Lipinski definition) is 6. The zero-order valence-electron chi connectivity index (χ0n) is 42.6. The largest absolute Gasteiger partial charge is 0.462 e. The van der Waals surface area contributed by atoms with E-state index in [4.69, 9.17) is 14.2 Å². The summed E-state index contributed by atoms with van der Waals surface area (Å²) < 4.78 is 16.7. The summed E-state index contributed by atoms with van der Waals surface area (Å²) in [7, 11) is 0. The third-order valence-corrected chi connectivity index (χ3v) is 10.6. The van der Waals surface area contributed by atoms with Crippen LogP contribution in [0.2, 0.25) is 0 Å². The molecule has 0 aromatic carbocycles. The second-order valence-corrected chi connectivity index (χ2v) is 17.0. The van der Waals surface area contributed by atoms with Crippen LogP contribution in [-0.2, 0) is 28.6 Å².